The Hall–Kier alpha value is -0.610. The molecule has 0 aromatic carbocycles. The van der Waals surface area contributed by atoms with Crippen molar-refractivity contribution in [2.75, 3.05) is 33.0 Å². The molecule has 0 aliphatic rings. The normalized spacial score (nSPS) is 10.3. The smallest absolute Gasteiger partial charge is 0.332 e. The van der Waals surface area contributed by atoms with Gasteiger partial charge in [0.05, 0.1) is 19.8 Å². The lowest BCUT2D eigenvalue weighted by Crippen LogP contribution is -2.15. The van der Waals surface area contributed by atoms with Crippen LogP contribution in [0.3, 0.4) is 0 Å². The maximum atomic E-state index is 11.0. The highest BCUT2D eigenvalue weighted by Crippen LogP contribution is 1.89. The van der Waals surface area contributed by atoms with Crippen molar-refractivity contribution in [3.8, 4) is 0 Å². The molecular weight excluding hydrogens is 196 g/mol. The van der Waals surface area contributed by atoms with Gasteiger partial charge in [-0.1, -0.05) is 20.3 Å². The first kappa shape index (κ1) is 14.4. The summed E-state index contributed by atoms with van der Waals surface area (Å²) >= 11 is 0. The summed E-state index contributed by atoms with van der Waals surface area (Å²) in [4.78, 5) is 11.0. The first-order chi connectivity index (χ1) is 7.31. The van der Waals surface area contributed by atoms with Gasteiger partial charge in [-0.2, -0.15) is 0 Å². The fourth-order valence-corrected chi connectivity index (χ4v) is 0.892. The van der Waals surface area contributed by atoms with Crippen LogP contribution in [0.2, 0.25) is 0 Å². The van der Waals surface area contributed by atoms with E-state index in [2.05, 4.69) is 6.92 Å². The van der Waals surface area contributed by atoms with Crippen LogP contribution in [-0.2, 0) is 19.0 Å². The maximum absolute atomic E-state index is 11.0. The van der Waals surface area contributed by atoms with Gasteiger partial charge in [-0.25, -0.2) is 4.79 Å². The molecule has 0 rings (SSSR count). The average Bonchev–Trinajstić information content (AvgIpc) is 2.23. The van der Waals surface area contributed by atoms with E-state index in [0.29, 0.717) is 19.8 Å². The topological polar surface area (TPSA) is 44.8 Å². The number of esters is 1. The van der Waals surface area contributed by atoms with Crippen LogP contribution in [0.25, 0.3) is 0 Å². The van der Waals surface area contributed by atoms with E-state index < -0.39 is 0 Å². The lowest BCUT2D eigenvalue weighted by atomic mass is 10.4. The Morgan fingerprint density at radius 1 is 0.933 bits per heavy atom. The van der Waals surface area contributed by atoms with E-state index in [1.54, 1.807) is 0 Å². The van der Waals surface area contributed by atoms with Crippen molar-refractivity contribution in [3.63, 3.8) is 0 Å². The minimum atomic E-state index is -0.293. The molecule has 0 amide bonds. The Bertz CT molecular complexity index is 148. The van der Waals surface area contributed by atoms with Crippen LogP contribution in [0.4, 0.5) is 0 Å². The Balaban J connectivity index is 3.10. The van der Waals surface area contributed by atoms with E-state index in [1.165, 1.54) is 0 Å². The fraction of sp³-hybridized carbons (Fsp3) is 0.909. The first-order valence-electron chi connectivity index (χ1n) is 5.62. The maximum Gasteiger partial charge on any atom is 0.332 e. The molecule has 0 aliphatic carbocycles. The van der Waals surface area contributed by atoms with Crippen LogP contribution in [0.1, 0.15) is 33.1 Å². The third-order valence-electron chi connectivity index (χ3n) is 1.70. The Labute approximate surface area is 91.9 Å². The predicted molar refractivity (Wildman–Crippen MR) is 57.8 cm³/mol. The zero-order valence-electron chi connectivity index (χ0n) is 9.79. The molecule has 0 bridgehead atoms. The van der Waals surface area contributed by atoms with Gasteiger partial charge in [-0.05, 0) is 12.8 Å². The summed E-state index contributed by atoms with van der Waals surface area (Å²) in [5.41, 5.74) is 0. The fourth-order valence-electron chi connectivity index (χ4n) is 0.892. The van der Waals surface area contributed by atoms with E-state index in [-0.39, 0.29) is 12.6 Å². The predicted octanol–water partition coefficient (Wildman–Crippen LogP) is 1.77. The quantitative estimate of drug-likeness (QED) is 0.414. The first-order valence-corrected chi connectivity index (χ1v) is 5.62. The number of hydrogen-bond donors (Lipinski definition) is 0. The molecule has 4 nitrogen and oxygen atoms in total. The number of carbonyl (C=O) groups is 1. The van der Waals surface area contributed by atoms with E-state index >= 15 is 0 Å². The van der Waals surface area contributed by atoms with E-state index in [1.807, 2.05) is 6.92 Å². The molecule has 15 heavy (non-hydrogen) atoms. The van der Waals surface area contributed by atoms with Crippen molar-refractivity contribution in [3.05, 3.63) is 0 Å². The van der Waals surface area contributed by atoms with Crippen molar-refractivity contribution in [1.82, 2.24) is 0 Å². The number of ether oxygens (including phenoxy) is 3. The summed E-state index contributed by atoms with van der Waals surface area (Å²) in [5.74, 6) is -0.293. The Kier molecular flexibility index (Phi) is 11.0. The van der Waals surface area contributed by atoms with E-state index in [0.717, 1.165) is 25.9 Å². The number of carbonyl (C=O) groups excluding carboxylic acids is 1. The van der Waals surface area contributed by atoms with Crippen molar-refractivity contribution < 1.29 is 19.0 Å². The van der Waals surface area contributed by atoms with Gasteiger partial charge in [0.2, 0.25) is 0 Å². The molecule has 0 aromatic rings. The van der Waals surface area contributed by atoms with Gasteiger partial charge in [-0.15, -0.1) is 0 Å². The highest BCUT2D eigenvalue weighted by molar-refractivity contribution is 5.70. The molecule has 4 heteroatoms. The molecule has 0 unspecified atom stereocenters. The van der Waals surface area contributed by atoms with Gasteiger partial charge < -0.3 is 14.2 Å². The summed E-state index contributed by atoms with van der Waals surface area (Å²) in [6.45, 7) is 6.34. The standard InChI is InChI=1S/C11H22O4/c1-3-5-7-15-11(12)10-14-9-8-13-6-4-2/h3-10H2,1-2H3. The van der Waals surface area contributed by atoms with Crippen molar-refractivity contribution >= 4 is 5.97 Å². The average molecular weight is 218 g/mol. The molecule has 0 saturated carbocycles. The van der Waals surface area contributed by atoms with Crippen LogP contribution in [-0.4, -0.2) is 39.0 Å². The molecular formula is C11H22O4. The second kappa shape index (κ2) is 11.5. The van der Waals surface area contributed by atoms with Gasteiger partial charge in [-0.3, -0.25) is 0 Å². The molecule has 90 valence electrons. The number of unbranched alkanes of at least 4 members (excludes halogenated alkanes) is 1. The molecule has 0 spiro atoms. The lowest BCUT2D eigenvalue weighted by molar-refractivity contribution is -0.149. The monoisotopic (exact) mass is 218 g/mol. The van der Waals surface area contributed by atoms with Gasteiger partial charge in [0.15, 0.2) is 0 Å². The third kappa shape index (κ3) is 11.3. The van der Waals surface area contributed by atoms with Gasteiger partial charge in [0.1, 0.15) is 6.61 Å². The molecule has 0 atom stereocenters. The van der Waals surface area contributed by atoms with Gasteiger partial charge >= 0.3 is 5.97 Å². The summed E-state index contributed by atoms with van der Waals surface area (Å²) < 4.78 is 15.2. The minimum Gasteiger partial charge on any atom is -0.464 e. The second-order valence-electron chi connectivity index (χ2n) is 3.24. The van der Waals surface area contributed by atoms with Crippen LogP contribution in [0, 0.1) is 0 Å². The zero-order chi connectivity index (χ0) is 11.4. The van der Waals surface area contributed by atoms with Crippen LogP contribution >= 0.6 is 0 Å². The van der Waals surface area contributed by atoms with Crippen LogP contribution < -0.4 is 0 Å². The Morgan fingerprint density at radius 2 is 1.67 bits per heavy atom. The van der Waals surface area contributed by atoms with Crippen LogP contribution in [0.15, 0.2) is 0 Å². The van der Waals surface area contributed by atoms with Crippen molar-refractivity contribution in [2.45, 2.75) is 33.1 Å². The SMILES string of the molecule is CCCCOC(=O)COCCOCCC. The van der Waals surface area contributed by atoms with Gasteiger partial charge in [0, 0.05) is 6.61 Å². The summed E-state index contributed by atoms with van der Waals surface area (Å²) in [7, 11) is 0. The largest absolute Gasteiger partial charge is 0.464 e. The van der Waals surface area contributed by atoms with E-state index in [4.69, 9.17) is 14.2 Å². The summed E-state index contributed by atoms with van der Waals surface area (Å²) in [6, 6.07) is 0. The minimum absolute atomic E-state index is 0.0270. The zero-order valence-corrected chi connectivity index (χ0v) is 9.79. The highest BCUT2D eigenvalue weighted by atomic mass is 16.6. The second-order valence-corrected chi connectivity index (χ2v) is 3.24. The number of rotatable bonds is 10. The molecule has 0 fully saturated rings. The Morgan fingerprint density at radius 3 is 2.33 bits per heavy atom. The molecule has 0 aliphatic heterocycles. The molecule has 0 aromatic heterocycles. The highest BCUT2D eigenvalue weighted by Gasteiger charge is 2.01. The molecule has 0 N–H and O–H groups in total. The van der Waals surface area contributed by atoms with E-state index in [9.17, 15) is 4.79 Å². The molecule has 0 saturated heterocycles. The van der Waals surface area contributed by atoms with Crippen molar-refractivity contribution in [2.24, 2.45) is 0 Å². The van der Waals surface area contributed by atoms with Gasteiger partial charge in [0.25, 0.3) is 0 Å². The summed E-state index contributed by atoms with van der Waals surface area (Å²) in [5, 5.41) is 0. The molecule has 0 heterocycles. The van der Waals surface area contributed by atoms with Crippen LogP contribution in [0.5, 0.6) is 0 Å². The summed E-state index contributed by atoms with van der Waals surface area (Å²) in [6.07, 6.45) is 2.93. The molecule has 0 radical (unpaired) electrons. The number of hydrogen-bond acceptors (Lipinski definition) is 4. The lowest BCUT2D eigenvalue weighted by Gasteiger charge is -2.05. The third-order valence-corrected chi connectivity index (χ3v) is 1.70. The van der Waals surface area contributed by atoms with Crippen molar-refractivity contribution in [1.29, 1.82) is 0 Å².